The minimum atomic E-state index is -0.451. The lowest BCUT2D eigenvalue weighted by molar-refractivity contribution is -0.384. The summed E-state index contributed by atoms with van der Waals surface area (Å²) in [5.41, 5.74) is 0.807. The molecule has 1 N–H and O–H groups in total. The summed E-state index contributed by atoms with van der Waals surface area (Å²) in [7, 11) is 0. The summed E-state index contributed by atoms with van der Waals surface area (Å²) in [6.45, 7) is 0.940. The number of hydrogen-bond donors (Lipinski definition) is 1. The van der Waals surface area contributed by atoms with Crippen molar-refractivity contribution in [2.45, 2.75) is 0 Å². The Kier molecular flexibility index (Phi) is 5.25. The number of benzene rings is 2. The van der Waals surface area contributed by atoms with E-state index in [0.29, 0.717) is 28.9 Å². The molecule has 0 spiro atoms. The molecule has 2 rings (SSSR count). The number of nitrogens with one attached hydrogen (secondary N) is 1. The molecular formula is C14H12Cl2N2O3. The smallest absolute Gasteiger partial charge is 0.269 e. The summed E-state index contributed by atoms with van der Waals surface area (Å²) in [5.74, 6) is 0.574. The van der Waals surface area contributed by atoms with Crippen molar-refractivity contribution in [3.63, 3.8) is 0 Å². The predicted octanol–water partition coefficient (Wildman–Crippen LogP) is 4.39. The predicted molar refractivity (Wildman–Crippen MR) is 83.5 cm³/mol. The Morgan fingerprint density at radius 2 is 1.86 bits per heavy atom. The van der Waals surface area contributed by atoms with Gasteiger partial charge in [-0.1, -0.05) is 23.2 Å². The van der Waals surface area contributed by atoms with E-state index in [2.05, 4.69) is 5.32 Å². The second-order valence-electron chi connectivity index (χ2n) is 4.15. The molecule has 0 saturated heterocycles. The van der Waals surface area contributed by atoms with Crippen LogP contribution in [0, 0.1) is 10.1 Å². The molecule has 0 heterocycles. The minimum Gasteiger partial charge on any atom is -0.492 e. The minimum absolute atomic E-state index is 0.0356. The lowest BCUT2D eigenvalue weighted by atomic mass is 10.3. The average molecular weight is 327 g/mol. The zero-order valence-electron chi connectivity index (χ0n) is 10.9. The van der Waals surface area contributed by atoms with Crippen molar-refractivity contribution in [3.8, 4) is 5.75 Å². The molecule has 0 amide bonds. The third kappa shape index (κ3) is 4.51. The van der Waals surface area contributed by atoms with E-state index in [1.54, 1.807) is 30.3 Å². The van der Waals surface area contributed by atoms with Crippen molar-refractivity contribution in [2.75, 3.05) is 18.5 Å². The number of hydrogen-bond acceptors (Lipinski definition) is 4. The first-order chi connectivity index (χ1) is 10.1. The average Bonchev–Trinajstić information content (AvgIpc) is 2.46. The molecular weight excluding hydrogens is 315 g/mol. The Labute approximate surface area is 131 Å². The molecule has 5 nitrogen and oxygen atoms in total. The summed E-state index contributed by atoms with van der Waals surface area (Å²) in [6, 6.07) is 11.1. The highest BCUT2D eigenvalue weighted by molar-refractivity contribution is 6.36. The summed E-state index contributed by atoms with van der Waals surface area (Å²) in [5, 5.41) is 14.8. The van der Waals surface area contributed by atoms with Gasteiger partial charge in [0.05, 0.1) is 15.6 Å². The fourth-order valence-electron chi connectivity index (χ4n) is 1.65. The summed E-state index contributed by atoms with van der Waals surface area (Å²) < 4.78 is 5.47. The van der Waals surface area contributed by atoms with Gasteiger partial charge in [0.2, 0.25) is 0 Å². The highest BCUT2D eigenvalue weighted by Crippen LogP contribution is 2.25. The molecule has 7 heteroatoms. The van der Waals surface area contributed by atoms with Gasteiger partial charge >= 0.3 is 0 Å². The highest BCUT2D eigenvalue weighted by atomic mass is 35.5. The molecule has 0 aliphatic rings. The summed E-state index contributed by atoms with van der Waals surface area (Å²) >= 11 is 11.8. The van der Waals surface area contributed by atoms with Gasteiger partial charge < -0.3 is 10.1 Å². The summed E-state index contributed by atoms with van der Waals surface area (Å²) in [6.07, 6.45) is 0. The lowest BCUT2D eigenvalue weighted by Gasteiger charge is -2.10. The number of nitro groups is 1. The molecule has 0 bridgehead atoms. The molecule has 0 aromatic heterocycles. The van der Waals surface area contributed by atoms with Crippen molar-refractivity contribution in [3.05, 3.63) is 62.6 Å². The van der Waals surface area contributed by atoms with Crippen LogP contribution in [0.15, 0.2) is 42.5 Å². The van der Waals surface area contributed by atoms with E-state index in [-0.39, 0.29) is 5.69 Å². The first kappa shape index (κ1) is 15.4. The number of nitro benzene ring substituents is 1. The number of nitrogens with zero attached hydrogens (tertiary/aromatic N) is 1. The molecule has 0 fully saturated rings. The van der Waals surface area contributed by atoms with Crippen LogP contribution < -0.4 is 10.1 Å². The summed E-state index contributed by atoms with van der Waals surface area (Å²) in [4.78, 5) is 10.1. The molecule has 110 valence electrons. The normalized spacial score (nSPS) is 10.2. The van der Waals surface area contributed by atoms with Crippen LogP contribution in [-0.4, -0.2) is 18.1 Å². The monoisotopic (exact) mass is 326 g/mol. The number of rotatable bonds is 6. The molecule has 2 aromatic carbocycles. The fraction of sp³-hybridized carbons (Fsp3) is 0.143. The Bertz CT molecular complexity index is 633. The molecule has 2 aromatic rings. The number of halogens is 2. The lowest BCUT2D eigenvalue weighted by Crippen LogP contribution is -2.11. The highest BCUT2D eigenvalue weighted by Gasteiger charge is 2.04. The SMILES string of the molecule is O=[N+]([O-])c1ccc(OCCNc2ccc(Cl)cc2Cl)cc1. The van der Waals surface area contributed by atoms with E-state index < -0.39 is 4.92 Å². The van der Waals surface area contributed by atoms with E-state index in [4.69, 9.17) is 27.9 Å². The van der Waals surface area contributed by atoms with Gasteiger partial charge in [0.15, 0.2) is 0 Å². The van der Waals surface area contributed by atoms with E-state index in [1.807, 2.05) is 0 Å². The van der Waals surface area contributed by atoms with Crippen LogP contribution >= 0.6 is 23.2 Å². The quantitative estimate of drug-likeness (QED) is 0.485. The molecule has 0 aliphatic carbocycles. The van der Waals surface area contributed by atoms with Gasteiger partial charge in [0.1, 0.15) is 12.4 Å². The van der Waals surface area contributed by atoms with Crippen molar-refractivity contribution in [1.82, 2.24) is 0 Å². The van der Waals surface area contributed by atoms with Crippen LogP contribution in [0.2, 0.25) is 10.0 Å². The van der Waals surface area contributed by atoms with Gasteiger partial charge in [-0.15, -0.1) is 0 Å². The molecule has 0 radical (unpaired) electrons. The fourth-order valence-corrected chi connectivity index (χ4v) is 2.13. The second kappa shape index (κ2) is 7.15. The van der Waals surface area contributed by atoms with E-state index in [0.717, 1.165) is 5.69 Å². The maximum absolute atomic E-state index is 10.5. The van der Waals surface area contributed by atoms with E-state index >= 15 is 0 Å². The van der Waals surface area contributed by atoms with Gasteiger partial charge in [-0.05, 0) is 30.3 Å². The Hall–Kier alpha value is -1.98. The van der Waals surface area contributed by atoms with Crippen molar-refractivity contribution < 1.29 is 9.66 Å². The van der Waals surface area contributed by atoms with Crippen molar-refractivity contribution in [2.24, 2.45) is 0 Å². The second-order valence-corrected chi connectivity index (χ2v) is 4.99. The first-order valence-electron chi connectivity index (χ1n) is 6.12. The van der Waals surface area contributed by atoms with Gasteiger partial charge in [0.25, 0.3) is 5.69 Å². The van der Waals surface area contributed by atoms with Crippen molar-refractivity contribution >= 4 is 34.6 Å². The maximum atomic E-state index is 10.5. The van der Waals surface area contributed by atoms with Gasteiger partial charge in [-0.2, -0.15) is 0 Å². The molecule has 0 aliphatic heterocycles. The van der Waals surface area contributed by atoms with Gasteiger partial charge in [-0.25, -0.2) is 0 Å². The van der Waals surface area contributed by atoms with E-state index in [9.17, 15) is 10.1 Å². The zero-order valence-corrected chi connectivity index (χ0v) is 12.4. The Balaban J connectivity index is 1.80. The van der Waals surface area contributed by atoms with Crippen LogP contribution in [0.5, 0.6) is 5.75 Å². The zero-order chi connectivity index (χ0) is 15.2. The standard InChI is InChI=1S/C14H12Cl2N2O3/c15-10-1-6-14(13(16)9-10)17-7-8-21-12-4-2-11(3-5-12)18(19)20/h1-6,9,17H,7-8H2. The first-order valence-corrected chi connectivity index (χ1v) is 6.88. The number of anilines is 1. The number of ether oxygens (including phenoxy) is 1. The Morgan fingerprint density at radius 3 is 2.48 bits per heavy atom. The number of non-ortho nitro benzene ring substituents is 1. The topological polar surface area (TPSA) is 64.4 Å². The van der Waals surface area contributed by atoms with E-state index in [1.165, 1.54) is 12.1 Å². The third-order valence-electron chi connectivity index (χ3n) is 2.66. The van der Waals surface area contributed by atoms with Crippen LogP contribution in [0.4, 0.5) is 11.4 Å². The van der Waals surface area contributed by atoms with Crippen LogP contribution in [0.3, 0.4) is 0 Å². The molecule has 0 saturated carbocycles. The van der Waals surface area contributed by atoms with Crippen LogP contribution in [-0.2, 0) is 0 Å². The largest absolute Gasteiger partial charge is 0.492 e. The van der Waals surface area contributed by atoms with Gasteiger partial charge in [-0.3, -0.25) is 10.1 Å². The van der Waals surface area contributed by atoms with Crippen LogP contribution in [0.25, 0.3) is 0 Å². The third-order valence-corrected chi connectivity index (χ3v) is 3.21. The van der Waals surface area contributed by atoms with Crippen LogP contribution in [0.1, 0.15) is 0 Å². The van der Waals surface area contributed by atoms with Gasteiger partial charge in [0, 0.05) is 23.7 Å². The molecule has 0 atom stereocenters. The van der Waals surface area contributed by atoms with Crippen molar-refractivity contribution in [1.29, 1.82) is 0 Å². The molecule has 0 unspecified atom stereocenters. The maximum Gasteiger partial charge on any atom is 0.269 e. The Morgan fingerprint density at radius 1 is 1.14 bits per heavy atom. The molecule has 21 heavy (non-hydrogen) atoms.